The molecule has 120 valence electrons. The topological polar surface area (TPSA) is 61.3 Å². The van der Waals surface area contributed by atoms with Gasteiger partial charge in [-0.1, -0.05) is 29.4 Å². The standard InChI is InChI=1S/C14H16ClFN2O3S/c1-3-21-12(19)14(16)7-5-4-6-10(14)22-13-17-8-9(15)11(18-13)20-2/h6,8H,3-5,7H2,1-2H3. The molecule has 0 aliphatic heterocycles. The summed E-state index contributed by atoms with van der Waals surface area (Å²) in [5.41, 5.74) is -2.14. The Balaban J connectivity index is 2.26. The Labute approximate surface area is 137 Å². The van der Waals surface area contributed by atoms with E-state index in [0.29, 0.717) is 12.8 Å². The molecule has 1 heterocycles. The quantitative estimate of drug-likeness (QED) is 0.600. The Morgan fingerprint density at radius 2 is 2.36 bits per heavy atom. The van der Waals surface area contributed by atoms with Crippen LogP contribution in [0.2, 0.25) is 5.02 Å². The first-order valence-corrected chi connectivity index (χ1v) is 8.02. The van der Waals surface area contributed by atoms with Gasteiger partial charge < -0.3 is 9.47 Å². The van der Waals surface area contributed by atoms with Crippen molar-refractivity contribution in [2.45, 2.75) is 37.0 Å². The van der Waals surface area contributed by atoms with Crippen molar-refractivity contribution in [1.29, 1.82) is 0 Å². The monoisotopic (exact) mass is 346 g/mol. The van der Waals surface area contributed by atoms with Crippen LogP contribution in [0, 0.1) is 0 Å². The lowest BCUT2D eigenvalue weighted by Gasteiger charge is -2.28. The zero-order valence-electron chi connectivity index (χ0n) is 12.3. The summed E-state index contributed by atoms with van der Waals surface area (Å²) in [6.45, 7) is 1.78. The lowest BCUT2D eigenvalue weighted by atomic mass is 9.92. The number of carbonyl (C=O) groups is 1. The summed E-state index contributed by atoms with van der Waals surface area (Å²) in [6, 6.07) is 0. The Morgan fingerprint density at radius 1 is 1.59 bits per heavy atom. The normalized spacial score (nSPS) is 21.2. The fourth-order valence-electron chi connectivity index (χ4n) is 2.06. The smallest absolute Gasteiger partial charge is 0.349 e. The van der Waals surface area contributed by atoms with Gasteiger partial charge in [-0.25, -0.2) is 14.2 Å². The van der Waals surface area contributed by atoms with E-state index in [9.17, 15) is 4.79 Å². The van der Waals surface area contributed by atoms with E-state index in [1.54, 1.807) is 13.0 Å². The zero-order valence-corrected chi connectivity index (χ0v) is 13.8. The van der Waals surface area contributed by atoms with Gasteiger partial charge in [-0.15, -0.1) is 0 Å². The van der Waals surface area contributed by atoms with Gasteiger partial charge in [0.05, 0.1) is 19.9 Å². The summed E-state index contributed by atoms with van der Waals surface area (Å²) in [7, 11) is 1.43. The van der Waals surface area contributed by atoms with Crippen LogP contribution in [0.4, 0.5) is 4.39 Å². The molecule has 0 saturated carbocycles. The summed E-state index contributed by atoms with van der Waals surface area (Å²) in [5.74, 6) is -0.662. The van der Waals surface area contributed by atoms with Crippen molar-refractivity contribution < 1.29 is 18.7 Å². The van der Waals surface area contributed by atoms with Gasteiger partial charge in [-0.05, 0) is 26.2 Å². The van der Waals surface area contributed by atoms with Crippen molar-refractivity contribution in [2.24, 2.45) is 0 Å². The number of methoxy groups -OCH3 is 1. The largest absolute Gasteiger partial charge is 0.480 e. The molecule has 0 aromatic carbocycles. The Bertz CT molecular complexity index is 599. The van der Waals surface area contributed by atoms with Gasteiger partial charge in [0.15, 0.2) is 5.16 Å². The molecule has 1 atom stereocenters. The van der Waals surface area contributed by atoms with Crippen LogP contribution in [-0.4, -0.2) is 35.3 Å². The molecule has 1 aromatic heterocycles. The van der Waals surface area contributed by atoms with E-state index in [1.165, 1.54) is 13.3 Å². The maximum absolute atomic E-state index is 15.1. The van der Waals surface area contributed by atoms with Crippen molar-refractivity contribution >= 4 is 29.3 Å². The molecule has 0 N–H and O–H groups in total. The predicted molar refractivity (Wildman–Crippen MR) is 81.9 cm³/mol. The Morgan fingerprint density at radius 3 is 3.05 bits per heavy atom. The van der Waals surface area contributed by atoms with E-state index in [2.05, 4.69) is 9.97 Å². The van der Waals surface area contributed by atoms with Gasteiger partial charge in [0.25, 0.3) is 0 Å². The number of thioether (sulfide) groups is 1. The van der Waals surface area contributed by atoms with Gasteiger partial charge in [-0.3, -0.25) is 0 Å². The number of hydrogen-bond acceptors (Lipinski definition) is 6. The van der Waals surface area contributed by atoms with Crippen LogP contribution in [0.1, 0.15) is 26.2 Å². The van der Waals surface area contributed by atoms with Crippen molar-refractivity contribution in [3.05, 3.63) is 22.2 Å². The third-order valence-corrected chi connectivity index (χ3v) is 4.48. The van der Waals surface area contributed by atoms with Crippen LogP contribution < -0.4 is 4.74 Å². The average Bonchev–Trinajstić information content (AvgIpc) is 2.51. The van der Waals surface area contributed by atoms with Crippen LogP contribution in [0.5, 0.6) is 5.88 Å². The molecule has 22 heavy (non-hydrogen) atoms. The Hall–Kier alpha value is -1.34. The highest BCUT2D eigenvalue weighted by atomic mass is 35.5. The summed E-state index contributed by atoms with van der Waals surface area (Å²) < 4.78 is 25.0. The number of hydrogen-bond donors (Lipinski definition) is 0. The fourth-order valence-corrected chi connectivity index (χ4v) is 3.21. The van der Waals surface area contributed by atoms with E-state index < -0.39 is 11.6 Å². The summed E-state index contributed by atoms with van der Waals surface area (Å²) in [6.07, 6.45) is 4.44. The molecule has 8 heteroatoms. The molecule has 0 bridgehead atoms. The number of halogens is 2. The van der Waals surface area contributed by atoms with E-state index in [4.69, 9.17) is 21.1 Å². The SMILES string of the molecule is CCOC(=O)C1(F)CCCC=C1Sc1ncc(Cl)c(OC)n1. The molecule has 0 fully saturated rings. The molecule has 2 rings (SSSR count). The second-order valence-electron chi connectivity index (χ2n) is 4.59. The number of rotatable bonds is 5. The summed E-state index contributed by atoms with van der Waals surface area (Å²) in [5, 5.41) is 0.530. The molecule has 5 nitrogen and oxygen atoms in total. The number of alkyl halides is 1. The highest BCUT2D eigenvalue weighted by molar-refractivity contribution is 8.03. The highest BCUT2D eigenvalue weighted by Gasteiger charge is 2.46. The first-order chi connectivity index (χ1) is 10.5. The van der Waals surface area contributed by atoms with Crippen LogP contribution in [0.25, 0.3) is 0 Å². The van der Waals surface area contributed by atoms with Crippen LogP contribution in [0.15, 0.2) is 22.3 Å². The van der Waals surface area contributed by atoms with E-state index in [-0.39, 0.29) is 34.0 Å². The molecule has 1 aliphatic rings. The molecule has 1 unspecified atom stereocenters. The molecule has 1 aliphatic carbocycles. The first-order valence-electron chi connectivity index (χ1n) is 6.82. The highest BCUT2D eigenvalue weighted by Crippen LogP contribution is 2.43. The predicted octanol–water partition coefficient (Wildman–Crippen LogP) is 3.57. The fraction of sp³-hybridized carbons (Fsp3) is 0.500. The molecule has 0 saturated heterocycles. The van der Waals surface area contributed by atoms with Crippen molar-refractivity contribution in [2.75, 3.05) is 13.7 Å². The van der Waals surface area contributed by atoms with Crippen molar-refractivity contribution in [3.8, 4) is 5.88 Å². The Kier molecular flexibility index (Phi) is 5.63. The van der Waals surface area contributed by atoms with Crippen molar-refractivity contribution in [3.63, 3.8) is 0 Å². The van der Waals surface area contributed by atoms with Crippen LogP contribution in [-0.2, 0) is 9.53 Å². The summed E-state index contributed by atoms with van der Waals surface area (Å²) >= 11 is 6.85. The van der Waals surface area contributed by atoms with Gasteiger partial charge in [0.2, 0.25) is 11.5 Å². The molecule has 0 amide bonds. The minimum absolute atomic E-state index is 0.0927. The minimum Gasteiger partial charge on any atom is -0.480 e. The number of esters is 1. The summed E-state index contributed by atoms with van der Waals surface area (Å²) in [4.78, 5) is 20.3. The van der Waals surface area contributed by atoms with Gasteiger partial charge >= 0.3 is 5.97 Å². The number of carbonyl (C=O) groups excluding carboxylic acids is 1. The lowest BCUT2D eigenvalue weighted by molar-refractivity contribution is -0.154. The van der Waals surface area contributed by atoms with E-state index in [0.717, 1.165) is 11.8 Å². The zero-order chi connectivity index (χ0) is 16.2. The molecular formula is C14H16ClFN2O3S. The molecule has 0 radical (unpaired) electrons. The maximum Gasteiger partial charge on any atom is 0.349 e. The number of allylic oxidation sites excluding steroid dienone is 1. The lowest BCUT2D eigenvalue weighted by Crippen LogP contribution is -2.38. The number of ether oxygens (including phenoxy) is 2. The number of aromatic nitrogens is 2. The third-order valence-electron chi connectivity index (χ3n) is 3.13. The minimum atomic E-state index is -2.14. The third kappa shape index (κ3) is 3.52. The van der Waals surface area contributed by atoms with Crippen molar-refractivity contribution in [1.82, 2.24) is 9.97 Å². The first kappa shape index (κ1) is 17.0. The van der Waals surface area contributed by atoms with Gasteiger partial charge in [-0.2, -0.15) is 4.98 Å². The number of nitrogens with zero attached hydrogens (tertiary/aromatic N) is 2. The van der Waals surface area contributed by atoms with Crippen LogP contribution in [0.3, 0.4) is 0 Å². The maximum atomic E-state index is 15.1. The van der Waals surface area contributed by atoms with Gasteiger partial charge in [0.1, 0.15) is 5.02 Å². The van der Waals surface area contributed by atoms with E-state index in [1.807, 2.05) is 0 Å². The molecule has 1 aromatic rings. The molecular weight excluding hydrogens is 331 g/mol. The van der Waals surface area contributed by atoms with E-state index >= 15 is 4.39 Å². The second-order valence-corrected chi connectivity index (χ2v) is 6.01. The van der Waals surface area contributed by atoms with Crippen LogP contribution >= 0.6 is 23.4 Å². The molecule has 0 spiro atoms. The average molecular weight is 347 g/mol. The second kappa shape index (κ2) is 7.28. The van der Waals surface area contributed by atoms with Gasteiger partial charge in [0, 0.05) is 4.91 Å².